The molecule has 2 aromatic carbocycles. The number of nitrogens with one attached hydrogen (secondary N) is 2. The molecule has 2 amide bonds. The SMILES string of the molecule is CCCCCCCCCC(=O)Nc1ccc(N2CCCCC2)c(C(=O)NCc2ccccc2)c1. The minimum Gasteiger partial charge on any atom is -0.371 e. The van der Waals surface area contributed by atoms with Gasteiger partial charge in [-0.2, -0.15) is 0 Å². The average Bonchev–Trinajstić information content (AvgIpc) is 2.88. The number of carbonyl (C=O) groups excluding carboxylic acids is 2. The third kappa shape index (κ3) is 8.51. The van der Waals surface area contributed by atoms with Gasteiger partial charge in [-0.25, -0.2) is 0 Å². The summed E-state index contributed by atoms with van der Waals surface area (Å²) in [5, 5.41) is 6.07. The molecule has 1 aliphatic rings. The monoisotopic (exact) mass is 463 g/mol. The van der Waals surface area contributed by atoms with Crippen molar-refractivity contribution in [1.29, 1.82) is 0 Å². The maximum absolute atomic E-state index is 13.2. The molecule has 0 aromatic heterocycles. The molecule has 0 radical (unpaired) electrons. The number of amides is 2. The number of rotatable bonds is 13. The number of piperidine rings is 1. The first kappa shape index (κ1) is 25.8. The maximum Gasteiger partial charge on any atom is 0.253 e. The Morgan fingerprint density at radius 1 is 0.853 bits per heavy atom. The Bertz CT molecular complexity index is 892. The molecule has 3 rings (SSSR count). The Kier molecular flexibility index (Phi) is 11.0. The standard InChI is InChI=1S/C29H41N3O2/c1-2-3-4-5-6-7-12-17-28(33)31-25-18-19-27(32-20-13-9-14-21-32)26(22-25)29(34)30-23-24-15-10-8-11-16-24/h8,10-11,15-16,18-19,22H,2-7,9,12-14,17,20-21,23H2,1H3,(H,30,34)(H,31,33). The number of hydrogen-bond donors (Lipinski definition) is 2. The molecule has 5 heteroatoms. The van der Waals surface area contributed by atoms with Gasteiger partial charge >= 0.3 is 0 Å². The van der Waals surface area contributed by atoms with Crippen LogP contribution in [0.3, 0.4) is 0 Å². The van der Waals surface area contributed by atoms with E-state index in [2.05, 4.69) is 22.5 Å². The Labute approximate surface area is 205 Å². The summed E-state index contributed by atoms with van der Waals surface area (Å²) in [6.07, 6.45) is 12.4. The molecule has 0 spiro atoms. The van der Waals surface area contributed by atoms with Crippen molar-refractivity contribution >= 4 is 23.2 Å². The van der Waals surface area contributed by atoms with Crippen molar-refractivity contribution in [2.75, 3.05) is 23.3 Å². The van der Waals surface area contributed by atoms with E-state index in [1.54, 1.807) is 0 Å². The predicted molar refractivity (Wildman–Crippen MR) is 141 cm³/mol. The van der Waals surface area contributed by atoms with Gasteiger partial charge in [0.1, 0.15) is 0 Å². The van der Waals surface area contributed by atoms with Crippen molar-refractivity contribution in [2.24, 2.45) is 0 Å². The van der Waals surface area contributed by atoms with Crippen LogP contribution in [0.15, 0.2) is 48.5 Å². The van der Waals surface area contributed by atoms with E-state index < -0.39 is 0 Å². The number of nitrogens with zero attached hydrogens (tertiary/aromatic N) is 1. The minimum atomic E-state index is -0.104. The van der Waals surface area contributed by atoms with Crippen molar-refractivity contribution in [1.82, 2.24) is 5.32 Å². The number of anilines is 2. The summed E-state index contributed by atoms with van der Waals surface area (Å²) in [6, 6.07) is 15.7. The molecule has 2 N–H and O–H groups in total. The first-order chi connectivity index (χ1) is 16.7. The molecule has 0 bridgehead atoms. The normalized spacial score (nSPS) is 13.5. The van der Waals surface area contributed by atoms with Crippen molar-refractivity contribution in [2.45, 2.75) is 84.1 Å². The van der Waals surface area contributed by atoms with Gasteiger partial charge in [0.05, 0.1) is 5.56 Å². The second-order valence-electron chi connectivity index (χ2n) is 9.37. The lowest BCUT2D eigenvalue weighted by Gasteiger charge is -2.30. The molecule has 0 aliphatic carbocycles. The van der Waals surface area contributed by atoms with Gasteiger partial charge in [-0.05, 0) is 49.4 Å². The first-order valence-electron chi connectivity index (χ1n) is 13.2. The second kappa shape index (κ2) is 14.4. The lowest BCUT2D eigenvalue weighted by atomic mass is 10.1. The lowest BCUT2D eigenvalue weighted by molar-refractivity contribution is -0.116. The van der Waals surface area contributed by atoms with Crippen LogP contribution in [0, 0.1) is 0 Å². The highest BCUT2D eigenvalue weighted by Crippen LogP contribution is 2.27. The Hall–Kier alpha value is -2.82. The van der Waals surface area contributed by atoms with Gasteiger partial charge < -0.3 is 15.5 Å². The molecule has 1 heterocycles. The third-order valence-electron chi connectivity index (χ3n) is 6.52. The van der Waals surface area contributed by atoms with Crippen LogP contribution in [0.25, 0.3) is 0 Å². The van der Waals surface area contributed by atoms with Crippen LogP contribution in [0.5, 0.6) is 0 Å². The van der Waals surface area contributed by atoms with E-state index in [0.29, 0.717) is 24.2 Å². The summed E-state index contributed by atoms with van der Waals surface area (Å²) >= 11 is 0. The fourth-order valence-corrected chi connectivity index (χ4v) is 4.55. The number of benzene rings is 2. The van der Waals surface area contributed by atoms with E-state index in [1.807, 2.05) is 48.5 Å². The van der Waals surface area contributed by atoms with Crippen LogP contribution in [0.1, 0.15) is 93.5 Å². The van der Waals surface area contributed by atoms with E-state index in [0.717, 1.165) is 50.0 Å². The van der Waals surface area contributed by atoms with Crippen LogP contribution < -0.4 is 15.5 Å². The Morgan fingerprint density at radius 2 is 1.56 bits per heavy atom. The van der Waals surface area contributed by atoms with Crippen molar-refractivity contribution in [3.05, 3.63) is 59.7 Å². The third-order valence-corrected chi connectivity index (χ3v) is 6.52. The first-order valence-corrected chi connectivity index (χ1v) is 13.2. The molecular formula is C29H41N3O2. The fraction of sp³-hybridized carbons (Fsp3) is 0.517. The summed E-state index contributed by atoms with van der Waals surface area (Å²) in [5.41, 5.74) is 3.34. The highest BCUT2D eigenvalue weighted by molar-refractivity contribution is 6.02. The number of carbonyl (C=O) groups is 2. The molecule has 1 fully saturated rings. The largest absolute Gasteiger partial charge is 0.371 e. The molecule has 1 aliphatic heterocycles. The average molecular weight is 464 g/mol. The van der Waals surface area contributed by atoms with Crippen molar-refractivity contribution < 1.29 is 9.59 Å². The highest BCUT2D eigenvalue weighted by Gasteiger charge is 2.19. The number of hydrogen-bond acceptors (Lipinski definition) is 3. The van der Waals surface area contributed by atoms with Gasteiger partial charge in [0.2, 0.25) is 5.91 Å². The Balaban J connectivity index is 1.60. The zero-order valence-electron chi connectivity index (χ0n) is 20.8. The highest BCUT2D eigenvalue weighted by atomic mass is 16.2. The van der Waals surface area contributed by atoms with Gasteiger partial charge in [-0.15, -0.1) is 0 Å². The number of unbranched alkanes of at least 4 members (excludes halogenated alkanes) is 6. The molecule has 0 unspecified atom stereocenters. The summed E-state index contributed by atoms with van der Waals surface area (Å²) in [6.45, 7) is 4.63. The van der Waals surface area contributed by atoms with Crippen LogP contribution in [-0.4, -0.2) is 24.9 Å². The molecule has 5 nitrogen and oxygen atoms in total. The molecular weight excluding hydrogens is 422 g/mol. The van der Waals surface area contributed by atoms with E-state index in [9.17, 15) is 9.59 Å². The summed E-state index contributed by atoms with van der Waals surface area (Å²) < 4.78 is 0. The maximum atomic E-state index is 13.2. The molecule has 0 atom stereocenters. The van der Waals surface area contributed by atoms with E-state index >= 15 is 0 Å². The van der Waals surface area contributed by atoms with E-state index in [-0.39, 0.29) is 11.8 Å². The summed E-state index contributed by atoms with van der Waals surface area (Å²) in [5.74, 6) is -0.0810. The van der Waals surface area contributed by atoms with Crippen LogP contribution in [0.4, 0.5) is 11.4 Å². The van der Waals surface area contributed by atoms with Crippen LogP contribution in [-0.2, 0) is 11.3 Å². The Morgan fingerprint density at radius 3 is 2.29 bits per heavy atom. The van der Waals surface area contributed by atoms with E-state index in [4.69, 9.17) is 0 Å². The van der Waals surface area contributed by atoms with Crippen LogP contribution in [0.2, 0.25) is 0 Å². The molecule has 184 valence electrons. The minimum absolute atomic E-state index is 0.0231. The van der Waals surface area contributed by atoms with Crippen molar-refractivity contribution in [3.8, 4) is 0 Å². The van der Waals surface area contributed by atoms with Gasteiger partial charge in [0, 0.05) is 37.4 Å². The molecule has 1 saturated heterocycles. The lowest BCUT2D eigenvalue weighted by Crippen LogP contribution is -2.32. The zero-order chi connectivity index (χ0) is 24.0. The van der Waals surface area contributed by atoms with E-state index in [1.165, 1.54) is 38.5 Å². The van der Waals surface area contributed by atoms with Gasteiger partial charge in [0.15, 0.2) is 0 Å². The molecule has 34 heavy (non-hydrogen) atoms. The summed E-state index contributed by atoms with van der Waals surface area (Å²) in [4.78, 5) is 28.0. The molecule has 2 aromatic rings. The van der Waals surface area contributed by atoms with Gasteiger partial charge in [0.25, 0.3) is 5.91 Å². The smallest absolute Gasteiger partial charge is 0.253 e. The molecule has 0 saturated carbocycles. The van der Waals surface area contributed by atoms with Gasteiger partial charge in [-0.1, -0.05) is 75.8 Å². The van der Waals surface area contributed by atoms with Crippen molar-refractivity contribution in [3.63, 3.8) is 0 Å². The predicted octanol–water partition coefficient (Wildman–Crippen LogP) is 6.69. The van der Waals surface area contributed by atoms with Gasteiger partial charge in [-0.3, -0.25) is 9.59 Å². The summed E-state index contributed by atoms with van der Waals surface area (Å²) in [7, 11) is 0. The topological polar surface area (TPSA) is 61.4 Å². The quantitative estimate of drug-likeness (QED) is 0.325. The second-order valence-corrected chi connectivity index (χ2v) is 9.37. The van der Waals surface area contributed by atoms with Crippen LogP contribution >= 0.6 is 0 Å². The fourth-order valence-electron chi connectivity index (χ4n) is 4.55. The zero-order valence-corrected chi connectivity index (χ0v) is 20.8.